The molecule has 1 fully saturated rings. The van der Waals surface area contributed by atoms with Crippen molar-refractivity contribution in [3.05, 3.63) is 78.5 Å². The van der Waals surface area contributed by atoms with Crippen molar-refractivity contribution >= 4 is 11.6 Å². The zero-order chi connectivity index (χ0) is 19.6. The first-order valence-electron chi connectivity index (χ1n) is 9.98. The molecule has 1 aliphatic heterocycles. The molecule has 0 aliphatic carbocycles. The number of aryl methyl sites for hydroxylation is 1. The molecule has 5 rings (SSSR count). The number of carbonyl (C=O) groups is 1. The summed E-state index contributed by atoms with van der Waals surface area (Å²) in [6, 6.07) is 15.8. The van der Waals surface area contributed by atoms with Gasteiger partial charge in [-0.1, -0.05) is 24.3 Å². The minimum atomic E-state index is -0.00746. The Morgan fingerprint density at radius 3 is 2.83 bits per heavy atom. The number of rotatable bonds is 5. The summed E-state index contributed by atoms with van der Waals surface area (Å²) in [5, 5.41) is 13.0. The summed E-state index contributed by atoms with van der Waals surface area (Å²) in [6.45, 7) is 0.772. The quantitative estimate of drug-likeness (QED) is 0.528. The molecule has 1 saturated heterocycles. The van der Waals surface area contributed by atoms with Crippen LogP contribution in [0.15, 0.2) is 67.1 Å². The number of para-hydroxylation sites is 1. The summed E-state index contributed by atoms with van der Waals surface area (Å²) in [4.78, 5) is 14.9. The third-order valence-corrected chi connectivity index (χ3v) is 5.50. The Morgan fingerprint density at radius 2 is 1.93 bits per heavy atom. The van der Waals surface area contributed by atoms with Crippen molar-refractivity contribution in [2.75, 3.05) is 6.54 Å². The number of hydrogen-bond donors (Lipinski definition) is 0. The SMILES string of the molecule is O=C(CCc1cnn(-c2ccccc2)c1)N1CCCC1c1nnc2ccccn12. The second-order valence-electron chi connectivity index (χ2n) is 7.36. The number of amides is 1. The minimum Gasteiger partial charge on any atom is -0.332 e. The topological polar surface area (TPSA) is 68.3 Å². The molecule has 1 amide bonds. The summed E-state index contributed by atoms with van der Waals surface area (Å²) in [5.41, 5.74) is 2.89. The van der Waals surface area contributed by atoms with E-state index in [9.17, 15) is 4.79 Å². The molecule has 0 bridgehead atoms. The molecule has 1 atom stereocenters. The molecule has 7 nitrogen and oxygen atoms in total. The van der Waals surface area contributed by atoms with Gasteiger partial charge in [-0.05, 0) is 49.1 Å². The predicted octanol–water partition coefficient (Wildman–Crippen LogP) is 3.21. The lowest BCUT2D eigenvalue weighted by atomic mass is 10.1. The van der Waals surface area contributed by atoms with Crippen molar-refractivity contribution in [1.29, 1.82) is 0 Å². The van der Waals surface area contributed by atoms with Crippen LogP contribution in [0.1, 0.15) is 36.7 Å². The molecule has 1 aliphatic rings. The Morgan fingerprint density at radius 1 is 1.07 bits per heavy atom. The normalized spacial score (nSPS) is 16.6. The van der Waals surface area contributed by atoms with Crippen LogP contribution in [0.3, 0.4) is 0 Å². The van der Waals surface area contributed by atoms with E-state index in [2.05, 4.69) is 15.3 Å². The zero-order valence-corrected chi connectivity index (χ0v) is 16.1. The number of aromatic nitrogens is 5. The molecule has 0 saturated carbocycles. The fraction of sp³-hybridized carbons (Fsp3) is 0.273. The van der Waals surface area contributed by atoms with Gasteiger partial charge in [0.25, 0.3) is 0 Å². The molecule has 0 N–H and O–H groups in total. The average molecular weight is 386 g/mol. The van der Waals surface area contributed by atoms with Gasteiger partial charge in [0.1, 0.15) is 0 Å². The van der Waals surface area contributed by atoms with E-state index in [1.807, 2.05) is 81.1 Å². The third kappa shape index (κ3) is 3.40. The van der Waals surface area contributed by atoms with E-state index in [1.165, 1.54) is 0 Å². The zero-order valence-electron chi connectivity index (χ0n) is 16.1. The van der Waals surface area contributed by atoms with Gasteiger partial charge in [0.15, 0.2) is 11.5 Å². The molecule has 1 aromatic carbocycles. The summed E-state index contributed by atoms with van der Waals surface area (Å²) in [7, 11) is 0. The number of hydrogen-bond acceptors (Lipinski definition) is 4. The largest absolute Gasteiger partial charge is 0.332 e. The van der Waals surface area contributed by atoms with Gasteiger partial charge in [0.05, 0.1) is 17.9 Å². The number of likely N-dealkylation sites (tertiary alicyclic amines) is 1. The maximum Gasteiger partial charge on any atom is 0.223 e. The molecule has 4 aromatic rings. The average Bonchev–Trinajstić information content (AvgIpc) is 3.51. The van der Waals surface area contributed by atoms with Gasteiger partial charge in [-0.2, -0.15) is 5.10 Å². The fourth-order valence-electron chi connectivity index (χ4n) is 4.03. The van der Waals surface area contributed by atoms with Gasteiger partial charge in [0, 0.05) is 25.4 Å². The van der Waals surface area contributed by atoms with Crippen LogP contribution in [0.25, 0.3) is 11.3 Å². The summed E-state index contributed by atoms with van der Waals surface area (Å²) in [6.07, 6.45) is 8.86. The van der Waals surface area contributed by atoms with Crippen LogP contribution in [0.4, 0.5) is 0 Å². The number of carbonyl (C=O) groups excluding carboxylic acids is 1. The van der Waals surface area contributed by atoms with Gasteiger partial charge < -0.3 is 4.90 Å². The molecule has 29 heavy (non-hydrogen) atoms. The lowest BCUT2D eigenvalue weighted by molar-refractivity contribution is -0.132. The van der Waals surface area contributed by atoms with E-state index < -0.39 is 0 Å². The second kappa shape index (κ2) is 7.50. The van der Waals surface area contributed by atoms with E-state index in [-0.39, 0.29) is 11.9 Å². The lowest BCUT2D eigenvalue weighted by Gasteiger charge is -2.23. The Bertz CT molecular complexity index is 1130. The van der Waals surface area contributed by atoms with Crippen LogP contribution in [0.5, 0.6) is 0 Å². The maximum atomic E-state index is 13.0. The third-order valence-electron chi connectivity index (χ3n) is 5.50. The van der Waals surface area contributed by atoms with Crippen LogP contribution < -0.4 is 0 Å². The van der Waals surface area contributed by atoms with Crippen molar-refractivity contribution in [3.8, 4) is 5.69 Å². The first kappa shape index (κ1) is 17.6. The molecule has 146 valence electrons. The van der Waals surface area contributed by atoms with E-state index in [4.69, 9.17) is 0 Å². The standard InChI is InChI=1S/C22H22N6O/c29-21(12-11-17-15-23-28(16-17)18-7-2-1-3-8-18)26-14-6-9-19(26)22-25-24-20-10-4-5-13-27(20)22/h1-5,7-8,10,13,15-16,19H,6,9,11-12,14H2. The van der Waals surface area contributed by atoms with Gasteiger partial charge in [-0.15, -0.1) is 10.2 Å². The molecule has 0 spiro atoms. The van der Waals surface area contributed by atoms with Crippen LogP contribution in [-0.4, -0.2) is 41.7 Å². The molecular formula is C22H22N6O. The number of fused-ring (bicyclic) bond motifs is 1. The highest BCUT2D eigenvalue weighted by atomic mass is 16.2. The number of benzene rings is 1. The smallest absolute Gasteiger partial charge is 0.223 e. The molecule has 4 heterocycles. The fourth-order valence-corrected chi connectivity index (χ4v) is 4.03. The van der Waals surface area contributed by atoms with Gasteiger partial charge in [0.2, 0.25) is 5.91 Å². The van der Waals surface area contributed by atoms with Crippen LogP contribution >= 0.6 is 0 Å². The highest BCUT2D eigenvalue weighted by Crippen LogP contribution is 2.31. The van der Waals surface area contributed by atoms with Crippen molar-refractivity contribution in [2.45, 2.75) is 31.7 Å². The molecule has 1 unspecified atom stereocenters. The van der Waals surface area contributed by atoms with Crippen molar-refractivity contribution in [1.82, 2.24) is 29.3 Å². The summed E-state index contributed by atoms with van der Waals surface area (Å²) < 4.78 is 3.83. The van der Waals surface area contributed by atoms with E-state index in [0.29, 0.717) is 12.8 Å². The molecule has 7 heteroatoms. The van der Waals surface area contributed by atoms with Gasteiger partial charge in [-0.25, -0.2) is 4.68 Å². The molecule has 0 radical (unpaired) electrons. The van der Waals surface area contributed by atoms with Gasteiger partial charge >= 0.3 is 0 Å². The molecule has 3 aromatic heterocycles. The minimum absolute atomic E-state index is 0.00746. The monoisotopic (exact) mass is 386 g/mol. The number of nitrogens with zero attached hydrogens (tertiary/aromatic N) is 6. The summed E-state index contributed by atoms with van der Waals surface area (Å²) in [5.74, 6) is 1.01. The molecular weight excluding hydrogens is 364 g/mol. The van der Waals surface area contributed by atoms with Crippen LogP contribution in [0.2, 0.25) is 0 Å². The Balaban J connectivity index is 1.28. The highest BCUT2D eigenvalue weighted by Gasteiger charge is 2.32. The van der Waals surface area contributed by atoms with E-state index in [1.54, 1.807) is 0 Å². The van der Waals surface area contributed by atoms with Crippen molar-refractivity contribution in [3.63, 3.8) is 0 Å². The lowest BCUT2D eigenvalue weighted by Crippen LogP contribution is -2.31. The van der Waals surface area contributed by atoms with Crippen molar-refractivity contribution in [2.24, 2.45) is 0 Å². The Kier molecular flexibility index (Phi) is 4.56. The maximum absolute atomic E-state index is 13.0. The van der Waals surface area contributed by atoms with Crippen LogP contribution in [0, 0.1) is 0 Å². The highest BCUT2D eigenvalue weighted by molar-refractivity contribution is 5.77. The first-order chi connectivity index (χ1) is 14.3. The van der Waals surface area contributed by atoms with Crippen LogP contribution in [-0.2, 0) is 11.2 Å². The van der Waals surface area contributed by atoms with E-state index in [0.717, 1.165) is 42.1 Å². The van der Waals surface area contributed by atoms with Gasteiger partial charge in [-0.3, -0.25) is 9.20 Å². The Hall–Kier alpha value is -3.48. The number of pyridine rings is 1. The second-order valence-corrected chi connectivity index (χ2v) is 7.36. The first-order valence-corrected chi connectivity index (χ1v) is 9.98. The summed E-state index contributed by atoms with van der Waals surface area (Å²) >= 11 is 0. The predicted molar refractivity (Wildman–Crippen MR) is 109 cm³/mol. The van der Waals surface area contributed by atoms with E-state index >= 15 is 0 Å². The van der Waals surface area contributed by atoms with Crippen molar-refractivity contribution < 1.29 is 4.79 Å². The Labute approximate surface area is 168 Å².